The molecule has 2 aromatic rings. The zero-order chi connectivity index (χ0) is 20.5. The summed E-state index contributed by atoms with van der Waals surface area (Å²) in [7, 11) is 3.92. The molecule has 29 heavy (non-hydrogen) atoms. The van der Waals surface area contributed by atoms with Gasteiger partial charge in [0.1, 0.15) is 0 Å². The monoisotopic (exact) mass is 393 g/mol. The first-order chi connectivity index (χ1) is 14.2. The lowest BCUT2D eigenvalue weighted by atomic mass is 9.90. The third-order valence-electron chi connectivity index (χ3n) is 5.15. The minimum atomic E-state index is 0.0694. The Morgan fingerprint density at radius 1 is 1.14 bits per heavy atom. The van der Waals surface area contributed by atoms with Crippen LogP contribution >= 0.6 is 0 Å². The smallest absolute Gasteiger partial charge is 0.225 e. The molecule has 6 nitrogen and oxygen atoms in total. The molecule has 0 bridgehead atoms. The maximum atomic E-state index is 12.0. The fourth-order valence-electron chi connectivity index (χ4n) is 3.65. The normalized spacial score (nSPS) is 16.3. The van der Waals surface area contributed by atoms with Crippen molar-refractivity contribution in [1.82, 2.24) is 15.5 Å². The number of aliphatic imine (C=N–C) groups is 1. The van der Waals surface area contributed by atoms with Crippen LogP contribution in [0.15, 0.2) is 59.6 Å². The maximum absolute atomic E-state index is 12.0. The number of hydrogen-bond donors (Lipinski definition) is 3. The molecule has 2 aromatic carbocycles. The Bertz CT molecular complexity index is 821. The molecule has 0 saturated carbocycles. The number of carbonyl (C=O) groups is 1. The summed E-state index contributed by atoms with van der Waals surface area (Å²) in [5.74, 6) is 0.995. The first-order valence-corrected chi connectivity index (χ1v) is 10.2. The van der Waals surface area contributed by atoms with Crippen molar-refractivity contribution in [3.05, 3.63) is 65.7 Å². The highest BCUT2D eigenvalue weighted by atomic mass is 16.1. The van der Waals surface area contributed by atoms with Gasteiger partial charge in [0.25, 0.3) is 0 Å². The second-order valence-corrected chi connectivity index (χ2v) is 7.49. The molecule has 3 N–H and O–H groups in total. The number of rotatable bonds is 8. The van der Waals surface area contributed by atoms with Crippen molar-refractivity contribution in [1.29, 1.82) is 0 Å². The molecule has 6 heteroatoms. The van der Waals surface area contributed by atoms with Gasteiger partial charge in [-0.25, -0.2) is 0 Å². The Labute approximate surface area is 173 Å². The van der Waals surface area contributed by atoms with E-state index in [1.54, 1.807) is 7.05 Å². The largest absolute Gasteiger partial charge is 0.356 e. The van der Waals surface area contributed by atoms with E-state index in [4.69, 9.17) is 0 Å². The molecule has 0 spiro atoms. The maximum Gasteiger partial charge on any atom is 0.225 e. The average molecular weight is 394 g/mol. The summed E-state index contributed by atoms with van der Waals surface area (Å²) in [6, 6.07) is 18.5. The fourth-order valence-corrected chi connectivity index (χ4v) is 3.65. The van der Waals surface area contributed by atoms with Gasteiger partial charge in [0.05, 0.1) is 0 Å². The Balaban J connectivity index is 1.39. The lowest BCUT2D eigenvalue weighted by Gasteiger charge is -2.26. The highest BCUT2D eigenvalue weighted by molar-refractivity contribution is 5.94. The van der Waals surface area contributed by atoms with Crippen LogP contribution in [-0.4, -0.2) is 50.5 Å². The van der Waals surface area contributed by atoms with Gasteiger partial charge in [-0.3, -0.25) is 9.79 Å². The molecule has 0 saturated heterocycles. The van der Waals surface area contributed by atoms with Crippen LogP contribution in [0.4, 0.5) is 5.69 Å². The van der Waals surface area contributed by atoms with E-state index in [1.165, 1.54) is 11.1 Å². The molecular weight excluding hydrogens is 362 g/mol. The molecule has 154 valence electrons. The minimum Gasteiger partial charge on any atom is -0.356 e. The number of carbonyl (C=O) groups excluding carboxylic acids is 1. The second kappa shape index (κ2) is 10.6. The summed E-state index contributed by atoms with van der Waals surface area (Å²) < 4.78 is 0. The molecule has 1 amide bonds. The number of nitrogens with zero attached hydrogens (tertiary/aromatic N) is 2. The highest BCUT2D eigenvalue weighted by Gasteiger charge is 2.24. The van der Waals surface area contributed by atoms with Crippen LogP contribution in [0, 0.1) is 0 Å². The van der Waals surface area contributed by atoms with Gasteiger partial charge < -0.3 is 20.9 Å². The van der Waals surface area contributed by atoms with Crippen LogP contribution in [0.3, 0.4) is 0 Å². The van der Waals surface area contributed by atoms with Crippen molar-refractivity contribution in [3.63, 3.8) is 0 Å². The van der Waals surface area contributed by atoms with Gasteiger partial charge in [-0.15, -0.1) is 0 Å². The fraction of sp³-hybridized carbons (Fsp3) is 0.391. The topological polar surface area (TPSA) is 68.8 Å². The summed E-state index contributed by atoms with van der Waals surface area (Å²) in [5, 5.41) is 9.69. The molecule has 0 aromatic heterocycles. The summed E-state index contributed by atoms with van der Waals surface area (Å²) in [6.45, 7) is 3.49. The molecule has 0 aliphatic carbocycles. The number of guanidine groups is 1. The quantitative estimate of drug-likeness (QED) is 0.366. The predicted octanol–water partition coefficient (Wildman–Crippen LogP) is 2.80. The van der Waals surface area contributed by atoms with E-state index in [9.17, 15) is 4.79 Å². The summed E-state index contributed by atoms with van der Waals surface area (Å²) >= 11 is 0. The third kappa shape index (κ3) is 6.32. The summed E-state index contributed by atoms with van der Waals surface area (Å²) in [6.07, 6.45) is 1.52. The van der Waals surface area contributed by atoms with E-state index in [1.807, 2.05) is 24.3 Å². The SMILES string of the molecule is CN=C(NCCCN(C)Cc1ccccc1)NCC1CC(=O)Nc2ccccc21. The van der Waals surface area contributed by atoms with Gasteiger partial charge in [0.2, 0.25) is 5.91 Å². The molecule has 0 fully saturated rings. The van der Waals surface area contributed by atoms with Crippen molar-refractivity contribution >= 4 is 17.6 Å². The minimum absolute atomic E-state index is 0.0694. The van der Waals surface area contributed by atoms with Crippen LogP contribution in [0.2, 0.25) is 0 Å². The van der Waals surface area contributed by atoms with Gasteiger partial charge in [0, 0.05) is 44.7 Å². The molecule has 3 rings (SSSR count). The number of fused-ring (bicyclic) bond motifs is 1. The van der Waals surface area contributed by atoms with E-state index >= 15 is 0 Å². The van der Waals surface area contributed by atoms with Gasteiger partial charge in [-0.1, -0.05) is 48.5 Å². The van der Waals surface area contributed by atoms with Crippen molar-refractivity contribution in [2.24, 2.45) is 4.99 Å². The van der Waals surface area contributed by atoms with Gasteiger partial charge in [-0.05, 0) is 37.2 Å². The molecule has 1 aliphatic heterocycles. The summed E-state index contributed by atoms with van der Waals surface area (Å²) in [4.78, 5) is 18.6. The highest BCUT2D eigenvalue weighted by Crippen LogP contribution is 2.31. The second-order valence-electron chi connectivity index (χ2n) is 7.49. The average Bonchev–Trinajstić information content (AvgIpc) is 2.73. The lowest BCUT2D eigenvalue weighted by Crippen LogP contribution is -2.41. The Morgan fingerprint density at radius 3 is 2.69 bits per heavy atom. The predicted molar refractivity (Wildman–Crippen MR) is 119 cm³/mol. The Hall–Kier alpha value is -2.86. The van der Waals surface area contributed by atoms with Crippen molar-refractivity contribution in [2.45, 2.75) is 25.3 Å². The Kier molecular flexibility index (Phi) is 7.64. The van der Waals surface area contributed by atoms with Crippen LogP contribution in [-0.2, 0) is 11.3 Å². The molecular formula is C23H31N5O. The summed E-state index contributed by atoms with van der Waals surface area (Å²) in [5.41, 5.74) is 3.43. The van der Waals surface area contributed by atoms with E-state index in [0.717, 1.165) is 37.7 Å². The van der Waals surface area contributed by atoms with Crippen molar-refractivity contribution in [3.8, 4) is 0 Å². The number of nitrogens with one attached hydrogen (secondary N) is 3. The number of anilines is 1. The molecule has 1 unspecified atom stereocenters. The molecule has 1 aliphatic rings. The van der Waals surface area contributed by atoms with E-state index < -0.39 is 0 Å². The third-order valence-corrected chi connectivity index (χ3v) is 5.15. The molecule has 1 atom stereocenters. The van der Waals surface area contributed by atoms with Crippen LogP contribution in [0.25, 0.3) is 0 Å². The molecule has 0 radical (unpaired) electrons. The van der Waals surface area contributed by atoms with Gasteiger partial charge in [0.15, 0.2) is 5.96 Å². The number of para-hydroxylation sites is 1. The van der Waals surface area contributed by atoms with Crippen molar-refractivity contribution < 1.29 is 4.79 Å². The number of benzene rings is 2. The van der Waals surface area contributed by atoms with E-state index in [2.05, 4.69) is 63.2 Å². The standard InChI is InChI=1S/C23H31N5O/c1-24-23(25-13-8-14-28(2)17-18-9-4-3-5-10-18)26-16-19-15-22(29)27-21-12-7-6-11-20(19)21/h3-7,9-12,19H,8,13-17H2,1-2H3,(H,27,29)(H2,24,25,26). The van der Waals surface area contributed by atoms with Crippen molar-refractivity contribution in [2.75, 3.05) is 39.0 Å². The van der Waals surface area contributed by atoms with Gasteiger partial charge in [-0.2, -0.15) is 0 Å². The molecule has 1 heterocycles. The van der Waals surface area contributed by atoms with Gasteiger partial charge >= 0.3 is 0 Å². The van der Waals surface area contributed by atoms with Crippen LogP contribution in [0.1, 0.15) is 29.9 Å². The van der Waals surface area contributed by atoms with Crippen LogP contribution < -0.4 is 16.0 Å². The van der Waals surface area contributed by atoms with E-state index in [-0.39, 0.29) is 11.8 Å². The first kappa shape index (κ1) is 20.9. The zero-order valence-corrected chi connectivity index (χ0v) is 17.3. The lowest BCUT2D eigenvalue weighted by molar-refractivity contribution is -0.116. The Morgan fingerprint density at radius 2 is 1.90 bits per heavy atom. The van der Waals surface area contributed by atoms with E-state index in [0.29, 0.717) is 13.0 Å². The van der Waals surface area contributed by atoms with Crippen LogP contribution in [0.5, 0.6) is 0 Å². The zero-order valence-electron chi connectivity index (χ0n) is 17.3. The number of hydrogen-bond acceptors (Lipinski definition) is 3. The first-order valence-electron chi connectivity index (χ1n) is 10.2. The number of amides is 1.